The summed E-state index contributed by atoms with van der Waals surface area (Å²) < 4.78 is 8.13. The molecule has 0 aliphatic rings. The lowest BCUT2D eigenvalue weighted by Gasteiger charge is -2.21. The Morgan fingerprint density at radius 3 is 2.50 bits per heavy atom. The summed E-state index contributed by atoms with van der Waals surface area (Å²) in [7, 11) is 1.67. The summed E-state index contributed by atoms with van der Waals surface area (Å²) in [6, 6.07) is 7.89. The molecule has 0 spiro atoms. The minimum absolute atomic E-state index is 0.00835. The van der Waals surface area contributed by atoms with Crippen LogP contribution in [0.2, 0.25) is 0 Å². The Balaban J connectivity index is 2.72. The number of hydrogen-bond donors (Lipinski definition) is 1. The van der Waals surface area contributed by atoms with Crippen LogP contribution >= 0.6 is 12.2 Å². The van der Waals surface area contributed by atoms with E-state index in [1.165, 1.54) is 0 Å². The predicted octanol–water partition coefficient (Wildman–Crippen LogP) is 3.84. The largest absolute Gasteiger partial charge is 0.495 e. The molecule has 18 heavy (non-hydrogen) atoms. The van der Waals surface area contributed by atoms with Crippen LogP contribution in [-0.2, 0) is 5.41 Å². The predicted molar refractivity (Wildman–Crippen MR) is 76.2 cm³/mol. The average molecular weight is 262 g/mol. The molecule has 3 nitrogen and oxygen atoms in total. The Morgan fingerprint density at radius 1 is 1.22 bits per heavy atom. The molecule has 1 aromatic heterocycles. The highest BCUT2D eigenvalue weighted by Crippen LogP contribution is 2.29. The molecule has 0 amide bonds. The highest BCUT2D eigenvalue weighted by Gasteiger charge is 2.21. The molecule has 0 aliphatic carbocycles. The van der Waals surface area contributed by atoms with Crippen LogP contribution in [0.3, 0.4) is 0 Å². The molecular weight excluding hydrogens is 244 g/mol. The maximum absolute atomic E-state index is 5.41. The van der Waals surface area contributed by atoms with Crippen molar-refractivity contribution in [1.82, 2.24) is 9.55 Å². The monoisotopic (exact) mass is 262 g/mol. The van der Waals surface area contributed by atoms with Crippen LogP contribution in [0.4, 0.5) is 0 Å². The van der Waals surface area contributed by atoms with Crippen LogP contribution < -0.4 is 4.74 Å². The third-order valence-corrected chi connectivity index (χ3v) is 3.17. The fourth-order valence-electron chi connectivity index (χ4n) is 1.97. The summed E-state index contributed by atoms with van der Waals surface area (Å²) >= 11 is 5.38. The van der Waals surface area contributed by atoms with Crippen molar-refractivity contribution in [3.63, 3.8) is 0 Å². The zero-order chi connectivity index (χ0) is 13.3. The maximum atomic E-state index is 5.41. The second-order valence-corrected chi connectivity index (χ2v) is 5.62. The van der Waals surface area contributed by atoms with Crippen LogP contribution in [0.15, 0.2) is 30.5 Å². The van der Waals surface area contributed by atoms with Gasteiger partial charge in [0.05, 0.1) is 12.8 Å². The number of H-pyrrole nitrogens is 1. The number of nitrogens with zero attached hydrogens (tertiary/aromatic N) is 1. The van der Waals surface area contributed by atoms with Gasteiger partial charge in [0.2, 0.25) is 0 Å². The van der Waals surface area contributed by atoms with Crippen LogP contribution in [0.25, 0.3) is 5.69 Å². The molecule has 96 valence electrons. The van der Waals surface area contributed by atoms with Crippen molar-refractivity contribution in [3.05, 3.63) is 40.9 Å². The van der Waals surface area contributed by atoms with Gasteiger partial charge in [-0.3, -0.25) is 4.57 Å². The van der Waals surface area contributed by atoms with Crippen molar-refractivity contribution in [2.24, 2.45) is 0 Å². The van der Waals surface area contributed by atoms with E-state index in [1.807, 2.05) is 35.0 Å². The van der Waals surface area contributed by atoms with Gasteiger partial charge in [-0.15, -0.1) is 0 Å². The molecule has 1 aromatic carbocycles. The van der Waals surface area contributed by atoms with E-state index < -0.39 is 0 Å². The number of aromatic amines is 1. The van der Waals surface area contributed by atoms with Crippen LogP contribution in [0, 0.1) is 4.77 Å². The number of rotatable bonds is 2. The second-order valence-electron chi connectivity index (χ2n) is 5.24. The van der Waals surface area contributed by atoms with Gasteiger partial charge in [-0.1, -0.05) is 32.9 Å². The molecule has 0 radical (unpaired) electrons. The lowest BCUT2D eigenvalue weighted by molar-refractivity contribution is 0.411. The number of ether oxygens (including phenoxy) is 1. The Morgan fingerprint density at radius 2 is 1.89 bits per heavy atom. The minimum atomic E-state index is 0.00835. The van der Waals surface area contributed by atoms with Crippen LogP contribution in [0.1, 0.15) is 26.5 Å². The summed E-state index contributed by atoms with van der Waals surface area (Å²) in [6.45, 7) is 6.49. The first-order chi connectivity index (χ1) is 8.45. The molecule has 2 rings (SSSR count). The van der Waals surface area contributed by atoms with E-state index in [0.717, 1.165) is 17.1 Å². The summed E-state index contributed by atoms with van der Waals surface area (Å²) in [5, 5.41) is 0. The van der Waals surface area contributed by atoms with E-state index >= 15 is 0 Å². The first-order valence-corrected chi connectivity index (χ1v) is 6.30. The molecule has 0 atom stereocenters. The van der Waals surface area contributed by atoms with Crippen molar-refractivity contribution in [2.45, 2.75) is 26.2 Å². The van der Waals surface area contributed by atoms with Gasteiger partial charge in [-0.05, 0) is 24.4 Å². The van der Waals surface area contributed by atoms with Crippen molar-refractivity contribution in [2.75, 3.05) is 7.11 Å². The minimum Gasteiger partial charge on any atom is -0.495 e. The van der Waals surface area contributed by atoms with E-state index in [1.54, 1.807) is 7.11 Å². The van der Waals surface area contributed by atoms with E-state index in [9.17, 15) is 0 Å². The molecule has 1 heterocycles. The van der Waals surface area contributed by atoms with Gasteiger partial charge in [-0.25, -0.2) is 0 Å². The fourth-order valence-corrected chi connectivity index (χ4v) is 2.23. The van der Waals surface area contributed by atoms with E-state index in [2.05, 4.69) is 25.8 Å². The molecule has 0 aliphatic heterocycles. The molecule has 0 unspecified atom stereocenters. The van der Waals surface area contributed by atoms with E-state index in [4.69, 9.17) is 17.0 Å². The smallest absolute Gasteiger partial charge is 0.182 e. The summed E-state index contributed by atoms with van der Waals surface area (Å²) in [6.07, 6.45) is 1.97. The number of imidazole rings is 1. The number of para-hydroxylation sites is 2. The molecule has 0 saturated carbocycles. The molecular formula is C14H18N2OS. The van der Waals surface area contributed by atoms with E-state index in [-0.39, 0.29) is 5.41 Å². The van der Waals surface area contributed by atoms with Gasteiger partial charge in [0.25, 0.3) is 0 Å². The van der Waals surface area contributed by atoms with Crippen LogP contribution in [0.5, 0.6) is 5.75 Å². The molecule has 0 fully saturated rings. The first kappa shape index (κ1) is 12.9. The zero-order valence-corrected chi connectivity index (χ0v) is 12.0. The second kappa shape index (κ2) is 4.61. The van der Waals surface area contributed by atoms with Crippen LogP contribution in [-0.4, -0.2) is 16.7 Å². The highest BCUT2D eigenvalue weighted by atomic mass is 32.1. The first-order valence-electron chi connectivity index (χ1n) is 5.89. The Bertz CT molecular complexity index is 605. The summed E-state index contributed by atoms with van der Waals surface area (Å²) in [5.74, 6) is 0.818. The lowest BCUT2D eigenvalue weighted by atomic mass is 9.92. The zero-order valence-electron chi connectivity index (χ0n) is 11.2. The SMILES string of the molecule is COc1ccccc1-n1c(C(C)(C)C)c[nH]c1=S. The number of nitrogens with one attached hydrogen (secondary N) is 1. The Labute approximate surface area is 112 Å². The number of hydrogen-bond acceptors (Lipinski definition) is 2. The molecule has 0 saturated heterocycles. The normalized spacial score (nSPS) is 11.6. The van der Waals surface area contributed by atoms with Gasteiger partial charge in [0.15, 0.2) is 4.77 Å². The quantitative estimate of drug-likeness (QED) is 0.833. The van der Waals surface area contributed by atoms with Crippen molar-refractivity contribution >= 4 is 12.2 Å². The maximum Gasteiger partial charge on any atom is 0.182 e. The fraction of sp³-hybridized carbons (Fsp3) is 0.357. The summed E-state index contributed by atoms with van der Waals surface area (Å²) in [5.41, 5.74) is 2.11. The number of methoxy groups -OCH3 is 1. The van der Waals surface area contributed by atoms with Gasteiger partial charge < -0.3 is 9.72 Å². The molecule has 4 heteroatoms. The van der Waals surface area contributed by atoms with Gasteiger partial charge in [0, 0.05) is 17.3 Å². The van der Waals surface area contributed by atoms with E-state index in [0.29, 0.717) is 4.77 Å². The van der Waals surface area contributed by atoms with Crippen molar-refractivity contribution < 1.29 is 4.74 Å². The third kappa shape index (κ3) is 2.20. The summed E-state index contributed by atoms with van der Waals surface area (Å²) in [4.78, 5) is 3.12. The third-order valence-electron chi connectivity index (χ3n) is 2.87. The van der Waals surface area contributed by atoms with Crippen molar-refractivity contribution in [1.29, 1.82) is 0 Å². The highest BCUT2D eigenvalue weighted by molar-refractivity contribution is 7.71. The average Bonchev–Trinajstić information content (AvgIpc) is 2.70. The Hall–Kier alpha value is -1.55. The van der Waals surface area contributed by atoms with Gasteiger partial charge in [0.1, 0.15) is 5.75 Å². The standard InChI is InChI=1S/C14H18N2OS/c1-14(2,3)12-9-15-13(18)16(12)10-7-5-6-8-11(10)17-4/h5-9H,1-4H3,(H,15,18). The molecule has 1 N–H and O–H groups in total. The van der Waals surface area contributed by atoms with Gasteiger partial charge in [-0.2, -0.15) is 0 Å². The molecule has 2 aromatic rings. The van der Waals surface area contributed by atoms with Crippen molar-refractivity contribution in [3.8, 4) is 11.4 Å². The lowest BCUT2D eigenvalue weighted by Crippen LogP contribution is -2.17. The number of benzene rings is 1. The molecule has 0 bridgehead atoms. The topological polar surface area (TPSA) is 29.9 Å². The Kier molecular flexibility index (Phi) is 3.30. The number of aromatic nitrogens is 2. The van der Waals surface area contributed by atoms with Gasteiger partial charge >= 0.3 is 0 Å².